The van der Waals surface area contributed by atoms with Crippen molar-refractivity contribution in [1.29, 1.82) is 5.26 Å². The zero-order valence-electron chi connectivity index (χ0n) is 17.9. The Morgan fingerprint density at radius 2 is 2.03 bits per heavy atom. The van der Waals surface area contributed by atoms with Crippen molar-refractivity contribution < 1.29 is 9.53 Å². The fourth-order valence-corrected chi connectivity index (χ4v) is 4.07. The molecule has 0 spiro atoms. The Bertz CT molecular complexity index is 1140. The molecule has 1 aromatic heterocycles. The van der Waals surface area contributed by atoms with Gasteiger partial charge >= 0.3 is 0 Å². The van der Waals surface area contributed by atoms with Crippen molar-refractivity contribution in [2.75, 3.05) is 32.1 Å². The number of benzene rings is 2. The van der Waals surface area contributed by atoms with Gasteiger partial charge in [-0.2, -0.15) is 10.2 Å². The monoisotopic (exact) mass is 445 g/mol. The average Bonchev–Trinajstić information content (AvgIpc) is 2.78. The van der Waals surface area contributed by atoms with E-state index in [2.05, 4.69) is 34.9 Å². The van der Waals surface area contributed by atoms with Crippen molar-refractivity contribution in [3.05, 3.63) is 71.4 Å². The van der Waals surface area contributed by atoms with Crippen LogP contribution in [0.3, 0.4) is 0 Å². The number of nitriles is 1. The Morgan fingerprint density at radius 1 is 1.25 bits per heavy atom. The topological polar surface area (TPSA) is 82.4 Å². The summed E-state index contributed by atoms with van der Waals surface area (Å²) < 4.78 is 6.10. The van der Waals surface area contributed by atoms with E-state index in [1.54, 1.807) is 30.5 Å². The normalized spacial score (nSPS) is 13.5. The highest BCUT2D eigenvalue weighted by molar-refractivity contribution is 7.99. The first kappa shape index (κ1) is 21.8. The third-order valence-corrected chi connectivity index (χ3v) is 6.27. The molecule has 0 N–H and O–H groups in total. The van der Waals surface area contributed by atoms with Gasteiger partial charge < -0.3 is 14.5 Å². The molecular formula is C24H23N5O2S. The molecule has 1 fully saturated rings. The largest absolute Gasteiger partial charge is 0.472 e. The molecule has 8 heteroatoms. The first-order valence-corrected chi connectivity index (χ1v) is 11.0. The highest BCUT2D eigenvalue weighted by Crippen LogP contribution is 2.35. The molecule has 162 valence electrons. The van der Waals surface area contributed by atoms with Gasteiger partial charge in [0.15, 0.2) is 0 Å². The number of aromatic nitrogens is 2. The van der Waals surface area contributed by atoms with Gasteiger partial charge in [0, 0.05) is 29.6 Å². The Balaban J connectivity index is 1.56. The summed E-state index contributed by atoms with van der Waals surface area (Å²) in [4.78, 5) is 26.4. The number of likely N-dealkylation sites (N-methyl/N-ethyl adjacent to an activating group) is 1. The maximum atomic E-state index is 11.1. The van der Waals surface area contributed by atoms with E-state index in [4.69, 9.17) is 15.0 Å². The van der Waals surface area contributed by atoms with Gasteiger partial charge in [-0.3, -0.25) is 4.79 Å². The Morgan fingerprint density at radius 3 is 2.72 bits per heavy atom. The molecule has 2 heterocycles. The van der Waals surface area contributed by atoms with Gasteiger partial charge in [-0.05, 0) is 50.0 Å². The highest BCUT2D eigenvalue weighted by Gasteiger charge is 2.30. The minimum atomic E-state index is 0.291. The Kier molecular flexibility index (Phi) is 6.69. The van der Waals surface area contributed by atoms with Crippen LogP contribution in [0.4, 0.5) is 5.95 Å². The smallest absolute Gasteiger partial charge is 0.232 e. The quantitative estimate of drug-likeness (QED) is 0.486. The highest BCUT2D eigenvalue weighted by atomic mass is 32.2. The summed E-state index contributed by atoms with van der Waals surface area (Å²) in [5.41, 5.74) is 2.11. The standard InChI is InChI=1S/C24H23N5O2S/c1-28(2)20-13-29(14-20)24-26-12-22(32-21-8-6-17(11-25)7-9-21)23(27-24)31-16-19-5-3-4-18(10-19)15-30/h3-10,12,15,20H,13-14,16H2,1-2H3. The molecule has 1 aliphatic rings. The first-order chi connectivity index (χ1) is 15.6. The van der Waals surface area contributed by atoms with Crippen LogP contribution >= 0.6 is 11.8 Å². The fraction of sp³-hybridized carbons (Fsp3) is 0.250. The number of carbonyl (C=O) groups is 1. The van der Waals surface area contributed by atoms with Crippen molar-refractivity contribution in [3.8, 4) is 11.9 Å². The van der Waals surface area contributed by atoms with E-state index in [-0.39, 0.29) is 0 Å². The number of carbonyl (C=O) groups excluding carboxylic acids is 1. The van der Waals surface area contributed by atoms with Crippen LogP contribution in [-0.4, -0.2) is 54.4 Å². The molecule has 0 bridgehead atoms. The first-order valence-electron chi connectivity index (χ1n) is 10.2. The molecule has 0 aliphatic carbocycles. The molecule has 0 radical (unpaired) electrons. The van der Waals surface area contributed by atoms with Crippen molar-refractivity contribution in [2.24, 2.45) is 0 Å². The predicted molar refractivity (Wildman–Crippen MR) is 123 cm³/mol. The van der Waals surface area contributed by atoms with E-state index in [1.165, 1.54) is 11.8 Å². The van der Waals surface area contributed by atoms with Gasteiger partial charge in [0.05, 0.1) is 22.7 Å². The lowest BCUT2D eigenvalue weighted by Crippen LogP contribution is -2.58. The molecule has 1 aliphatic heterocycles. The summed E-state index contributed by atoms with van der Waals surface area (Å²) >= 11 is 1.49. The Hall–Kier alpha value is -3.41. The Labute approximate surface area is 191 Å². The third kappa shape index (κ3) is 5.07. The molecule has 0 unspecified atom stereocenters. The summed E-state index contributed by atoms with van der Waals surface area (Å²) in [5, 5.41) is 9.02. The van der Waals surface area contributed by atoms with E-state index in [1.807, 2.05) is 24.3 Å². The lowest BCUT2D eigenvalue weighted by Gasteiger charge is -2.42. The van der Waals surface area contributed by atoms with Crippen LogP contribution in [0.15, 0.2) is 64.5 Å². The summed E-state index contributed by atoms with van der Waals surface area (Å²) in [6.07, 6.45) is 2.61. The molecule has 0 saturated carbocycles. The molecule has 1 saturated heterocycles. The van der Waals surface area contributed by atoms with Crippen LogP contribution in [0.2, 0.25) is 0 Å². The summed E-state index contributed by atoms with van der Waals surface area (Å²) in [6.45, 7) is 2.03. The maximum absolute atomic E-state index is 11.1. The van der Waals surface area contributed by atoms with Crippen LogP contribution in [0.25, 0.3) is 0 Å². The average molecular weight is 446 g/mol. The van der Waals surface area contributed by atoms with E-state index in [9.17, 15) is 4.79 Å². The SMILES string of the molecule is CN(C)C1CN(c2ncc(Sc3ccc(C#N)cc3)c(OCc3cccc(C=O)c3)n2)C1. The summed E-state index contributed by atoms with van der Waals surface area (Å²) in [6, 6.07) is 17.3. The van der Waals surface area contributed by atoms with Crippen LogP contribution in [0.1, 0.15) is 21.5 Å². The molecule has 3 aromatic rings. The second-order valence-corrected chi connectivity index (χ2v) is 8.87. The van der Waals surface area contributed by atoms with Crippen molar-refractivity contribution >= 4 is 24.0 Å². The molecule has 0 atom stereocenters. The van der Waals surface area contributed by atoms with Crippen LogP contribution in [0, 0.1) is 11.3 Å². The van der Waals surface area contributed by atoms with Gasteiger partial charge in [-0.15, -0.1) is 0 Å². The molecule has 0 amide bonds. The van der Waals surface area contributed by atoms with Crippen molar-refractivity contribution in [2.45, 2.75) is 22.4 Å². The minimum Gasteiger partial charge on any atom is -0.472 e. The molecule has 4 rings (SSSR count). The summed E-state index contributed by atoms with van der Waals surface area (Å²) in [7, 11) is 4.14. The van der Waals surface area contributed by atoms with Crippen LogP contribution in [-0.2, 0) is 6.61 Å². The zero-order valence-corrected chi connectivity index (χ0v) is 18.7. The van der Waals surface area contributed by atoms with Crippen molar-refractivity contribution in [1.82, 2.24) is 14.9 Å². The number of aldehydes is 1. The second kappa shape index (κ2) is 9.81. The molecule has 7 nitrogen and oxygen atoms in total. The molecule has 2 aromatic carbocycles. The van der Waals surface area contributed by atoms with Gasteiger partial charge in [0.1, 0.15) is 12.9 Å². The van der Waals surface area contributed by atoms with E-state index < -0.39 is 0 Å². The van der Waals surface area contributed by atoms with Crippen LogP contribution < -0.4 is 9.64 Å². The summed E-state index contributed by atoms with van der Waals surface area (Å²) in [5.74, 6) is 1.14. The number of rotatable bonds is 8. The van der Waals surface area contributed by atoms with Gasteiger partial charge in [0.25, 0.3) is 0 Å². The van der Waals surface area contributed by atoms with E-state index in [0.29, 0.717) is 35.6 Å². The maximum Gasteiger partial charge on any atom is 0.232 e. The van der Waals surface area contributed by atoms with E-state index >= 15 is 0 Å². The van der Waals surface area contributed by atoms with Gasteiger partial charge in [-0.25, -0.2) is 4.98 Å². The van der Waals surface area contributed by atoms with Crippen LogP contribution in [0.5, 0.6) is 5.88 Å². The fourth-order valence-electron chi connectivity index (χ4n) is 3.25. The number of nitrogens with zero attached hydrogens (tertiary/aromatic N) is 5. The predicted octanol–water partition coefficient (Wildman–Crippen LogP) is 3.64. The minimum absolute atomic E-state index is 0.291. The van der Waals surface area contributed by atoms with Gasteiger partial charge in [0.2, 0.25) is 11.8 Å². The third-order valence-electron chi connectivity index (χ3n) is 5.26. The van der Waals surface area contributed by atoms with Crippen molar-refractivity contribution in [3.63, 3.8) is 0 Å². The molecular weight excluding hydrogens is 422 g/mol. The number of hydrogen-bond donors (Lipinski definition) is 0. The zero-order chi connectivity index (χ0) is 22.5. The van der Waals surface area contributed by atoms with E-state index in [0.717, 1.165) is 34.7 Å². The number of ether oxygens (including phenoxy) is 1. The number of hydrogen-bond acceptors (Lipinski definition) is 8. The van der Waals surface area contributed by atoms with Gasteiger partial charge in [-0.1, -0.05) is 30.0 Å². The lowest BCUT2D eigenvalue weighted by atomic mass is 10.1. The molecule has 32 heavy (non-hydrogen) atoms. The number of anilines is 1. The lowest BCUT2D eigenvalue weighted by molar-refractivity contribution is 0.112. The second-order valence-electron chi connectivity index (χ2n) is 7.75.